The topological polar surface area (TPSA) is 94.5 Å². The van der Waals surface area contributed by atoms with E-state index >= 15 is 0 Å². The highest BCUT2D eigenvalue weighted by Crippen LogP contribution is 2.30. The highest BCUT2D eigenvalue weighted by molar-refractivity contribution is 6.69. The molecule has 1 unspecified atom stereocenters. The molecule has 0 amide bonds. The summed E-state index contributed by atoms with van der Waals surface area (Å²) in [5.41, 5.74) is 5.06. The first-order valence-electron chi connectivity index (χ1n) is 18.1. The van der Waals surface area contributed by atoms with Crippen molar-refractivity contribution in [2.75, 3.05) is 6.61 Å². The number of aryl methyl sites for hydroxylation is 1. The van der Waals surface area contributed by atoms with E-state index in [1.54, 1.807) is 12.1 Å². The van der Waals surface area contributed by atoms with Crippen molar-refractivity contribution in [3.8, 4) is 5.75 Å². The summed E-state index contributed by atoms with van der Waals surface area (Å²) in [5.74, 6) is 0.173. The molecule has 53 heavy (non-hydrogen) atoms. The van der Waals surface area contributed by atoms with Crippen molar-refractivity contribution >= 4 is 14.1 Å². The van der Waals surface area contributed by atoms with Crippen LogP contribution in [0.4, 0.5) is 0 Å². The Labute approximate surface area is 315 Å². The third kappa shape index (κ3) is 11.8. The molecule has 7 nitrogen and oxygen atoms in total. The Balaban J connectivity index is 1.34. The van der Waals surface area contributed by atoms with Crippen LogP contribution in [0.2, 0.25) is 19.6 Å². The fourth-order valence-electron chi connectivity index (χ4n) is 6.38. The second kappa shape index (κ2) is 18.6. The third-order valence-corrected chi connectivity index (χ3v) is 10.1. The van der Waals surface area contributed by atoms with Crippen LogP contribution in [0, 0.1) is 6.92 Å². The fourth-order valence-corrected chi connectivity index (χ4v) is 7.96. The quantitative estimate of drug-likeness (QED) is 0.0650. The van der Waals surface area contributed by atoms with Crippen LogP contribution >= 0.6 is 0 Å². The van der Waals surface area contributed by atoms with Crippen molar-refractivity contribution in [3.63, 3.8) is 0 Å². The molecule has 8 heteroatoms. The van der Waals surface area contributed by atoms with Gasteiger partial charge in [-0.05, 0) is 91.5 Å². The highest BCUT2D eigenvalue weighted by Gasteiger charge is 2.47. The number of hydrogen-bond acceptors (Lipinski definition) is 7. The van der Waals surface area contributed by atoms with Crippen LogP contribution in [0.15, 0.2) is 133 Å². The standard InChI is InChI=1S/C45H52O7Si/c1-33-21-24-38(28-39(33)27-34-22-25-40(26-23-34)50-30-36-17-11-7-12-18-36)41(46)42(47)43(48)44(51-31-37-19-13-8-14-20-37)45(2,52-53(3,4)5)32-49-29-35-15-9-6-10-16-35/h6-26,28,42-44,47-48H,27,29-32H2,1-5H3/t42-,43+,44-,45?/m0/s1. The second-order valence-electron chi connectivity index (χ2n) is 14.8. The van der Waals surface area contributed by atoms with Crippen LogP contribution in [-0.4, -0.2) is 54.8 Å². The van der Waals surface area contributed by atoms with E-state index in [0.29, 0.717) is 25.2 Å². The molecule has 0 saturated heterocycles. The number of hydrogen-bond donors (Lipinski definition) is 2. The maximum Gasteiger partial charge on any atom is 0.194 e. The van der Waals surface area contributed by atoms with Gasteiger partial charge in [-0.3, -0.25) is 4.79 Å². The van der Waals surface area contributed by atoms with Crippen LogP contribution in [0.25, 0.3) is 0 Å². The summed E-state index contributed by atoms with van der Waals surface area (Å²) in [5, 5.41) is 23.5. The average molecular weight is 733 g/mol. The molecule has 0 aliphatic carbocycles. The van der Waals surface area contributed by atoms with Gasteiger partial charge in [-0.2, -0.15) is 0 Å². The molecule has 0 heterocycles. The van der Waals surface area contributed by atoms with Crippen molar-refractivity contribution in [1.29, 1.82) is 0 Å². The van der Waals surface area contributed by atoms with Crippen LogP contribution in [0.3, 0.4) is 0 Å². The molecule has 5 rings (SSSR count). The average Bonchev–Trinajstić information content (AvgIpc) is 3.15. The molecule has 0 fully saturated rings. The zero-order chi connectivity index (χ0) is 37.8. The number of benzene rings is 5. The molecule has 0 saturated carbocycles. The zero-order valence-corrected chi connectivity index (χ0v) is 32.4. The van der Waals surface area contributed by atoms with Crippen LogP contribution < -0.4 is 4.74 Å². The predicted molar refractivity (Wildman–Crippen MR) is 211 cm³/mol. The first-order valence-corrected chi connectivity index (χ1v) is 21.5. The van der Waals surface area contributed by atoms with Crippen LogP contribution in [0.1, 0.15) is 50.7 Å². The summed E-state index contributed by atoms with van der Waals surface area (Å²) in [7, 11) is -2.29. The summed E-state index contributed by atoms with van der Waals surface area (Å²) < 4.78 is 25.3. The van der Waals surface area contributed by atoms with Crippen molar-refractivity contribution in [2.45, 2.75) is 83.6 Å². The van der Waals surface area contributed by atoms with E-state index in [0.717, 1.165) is 39.1 Å². The number of Topliss-reactive ketones (excluding diaryl/α,β-unsaturated/α-hetero) is 1. The van der Waals surface area contributed by atoms with Gasteiger partial charge in [0.05, 0.1) is 19.8 Å². The predicted octanol–water partition coefficient (Wildman–Crippen LogP) is 8.48. The molecular formula is C45H52O7Si. The summed E-state index contributed by atoms with van der Waals surface area (Å²) >= 11 is 0. The molecule has 0 aliphatic heterocycles. The van der Waals surface area contributed by atoms with Gasteiger partial charge in [0.15, 0.2) is 14.1 Å². The van der Waals surface area contributed by atoms with E-state index in [4.69, 9.17) is 18.6 Å². The SMILES string of the molecule is Cc1ccc(C(=O)[C@H](O)[C@@H](O)[C@H](OCc2ccccc2)C(C)(COCc2ccccc2)O[Si](C)(C)C)cc1Cc1ccc(OCc2ccccc2)cc1. The van der Waals surface area contributed by atoms with E-state index < -0.39 is 38.0 Å². The van der Waals surface area contributed by atoms with E-state index in [1.807, 2.05) is 155 Å². The molecule has 2 N–H and O–H groups in total. The van der Waals surface area contributed by atoms with Gasteiger partial charge in [-0.1, -0.05) is 115 Å². The van der Waals surface area contributed by atoms with Crippen molar-refractivity contribution < 1.29 is 33.6 Å². The van der Waals surface area contributed by atoms with Gasteiger partial charge in [-0.25, -0.2) is 0 Å². The van der Waals surface area contributed by atoms with Crippen LogP contribution in [0.5, 0.6) is 5.75 Å². The molecule has 0 aliphatic rings. The lowest BCUT2D eigenvalue weighted by Crippen LogP contribution is -2.60. The van der Waals surface area contributed by atoms with E-state index in [-0.39, 0.29) is 13.2 Å². The van der Waals surface area contributed by atoms with Gasteiger partial charge >= 0.3 is 0 Å². The number of carbonyl (C=O) groups is 1. The maximum absolute atomic E-state index is 14.0. The lowest BCUT2D eigenvalue weighted by Gasteiger charge is -2.44. The Kier molecular flexibility index (Phi) is 13.9. The molecular weight excluding hydrogens is 681 g/mol. The van der Waals surface area contributed by atoms with Gasteiger partial charge in [0.2, 0.25) is 0 Å². The van der Waals surface area contributed by atoms with Crippen molar-refractivity contribution in [2.24, 2.45) is 0 Å². The molecule has 5 aromatic carbocycles. The van der Waals surface area contributed by atoms with E-state index in [1.165, 1.54) is 0 Å². The number of aliphatic hydroxyl groups excluding tert-OH is 2. The smallest absolute Gasteiger partial charge is 0.194 e. The van der Waals surface area contributed by atoms with Crippen molar-refractivity contribution in [1.82, 2.24) is 0 Å². The lowest BCUT2D eigenvalue weighted by atomic mass is 9.88. The van der Waals surface area contributed by atoms with Gasteiger partial charge in [0, 0.05) is 5.56 Å². The second-order valence-corrected chi connectivity index (χ2v) is 19.2. The van der Waals surface area contributed by atoms with E-state index in [9.17, 15) is 15.0 Å². The van der Waals surface area contributed by atoms with Crippen LogP contribution in [-0.2, 0) is 40.1 Å². The number of ketones is 1. The summed E-state index contributed by atoms with van der Waals surface area (Å²) in [4.78, 5) is 14.0. The number of carbonyl (C=O) groups excluding carboxylic acids is 1. The molecule has 0 aromatic heterocycles. The monoisotopic (exact) mass is 732 g/mol. The van der Waals surface area contributed by atoms with Gasteiger partial charge < -0.3 is 28.8 Å². The van der Waals surface area contributed by atoms with Crippen molar-refractivity contribution in [3.05, 3.63) is 172 Å². The third-order valence-electron chi connectivity index (χ3n) is 9.02. The molecule has 0 spiro atoms. The molecule has 5 aromatic rings. The Bertz CT molecular complexity index is 1860. The highest BCUT2D eigenvalue weighted by atomic mass is 28.4. The first-order chi connectivity index (χ1) is 25.4. The number of aliphatic hydroxyl groups is 2. The molecule has 0 bridgehead atoms. The Morgan fingerprint density at radius 2 is 1.25 bits per heavy atom. The van der Waals surface area contributed by atoms with Gasteiger partial charge in [0.1, 0.15) is 36.3 Å². The molecule has 278 valence electrons. The van der Waals surface area contributed by atoms with Gasteiger partial charge in [0.25, 0.3) is 0 Å². The Hall–Kier alpha value is -4.41. The Morgan fingerprint density at radius 1 is 0.698 bits per heavy atom. The maximum atomic E-state index is 14.0. The minimum atomic E-state index is -2.29. The zero-order valence-electron chi connectivity index (χ0n) is 31.4. The lowest BCUT2D eigenvalue weighted by molar-refractivity contribution is -0.182. The Morgan fingerprint density at radius 3 is 1.81 bits per heavy atom. The largest absolute Gasteiger partial charge is 0.489 e. The minimum Gasteiger partial charge on any atom is -0.489 e. The minimum absolute atomic E-state index is 0.0638. The molecule has 0 radical (unpaired) electrons. The molecule has 4 atom stereocenters. The normalized spacial score (nSPS) is 14.5. The van der Waals surface area contributed by atoms with E-state index in [2.05, 4.69) is 0 Å². The summed E-state index contributed by atoms with van der Waals surface area (Å²) in [6.07, 6.45) is -3.95. The number of rotatable bonds is 19. The fraction of sp³-hybridized carbons (Fsp3) is 0.311. The number of ether oxygens (including phenoxy) is 3. The first kappa shape index (κ1) is 39.8. The summed E-state index contributed by atoms with van der Waals surface area (Å²) in [6, 6.07) is 42.7. The van der Waals surface area contributed by atoms with Gasteiger partial charge in [-0.15, -0.1) is 0 Å². The summed E-state index contributed by atoms with van der Waals surface area (Å²) in [6.45, 7) is 11.0.